The second kappa shape index (κ2) is 6.53. The first-order valence-corrected chi connectivity index (χ1v) is 6.63. The third-order valence-corrected chi connectivity index (χ3v) is 2.90. The van der Waals surface area contributed by atoms with Crippen molar-refractivity contribution in [1.82, 2.24) is 9.97 Å². The normalized spacial score (nSPS) is 9.85. The lowest BCUT2D eigenvalue weighted by atomic mass is 10.2. The Labute approximate surface area is 118 Å². The Bertz CT molecular complexity index is 630. The Morgan fingerprint density at radius 2 is 2.00 bits per heavy atom. The predicted octanol–water partition coefficient (Wildman–Crippen LogP) is 3.09. The quantitative estimate of drug-likeness (QED) is 0.870. The zero-order chi connectivity index (χ0) is 14.4. The molecule has 1 aromatic heterocycles. The van der Waals surface area contributed by atoms with Crippen LogP contribution in [0.3, 0.4) is 0 Å². The molecule has 0 bridgehead atoms. The van der Waals surface area contributed by atoms with Crippen molar-refractivity contribution in [2.24, 2.45) is 0 Å². The number of benzene rings is 1. The average Bonchev–Trinajstić information content (AvgIpc) is 2.48. The lowest BCUT2D eigenvalue weighted by molar-refractivity contribution is 1.03. The third kappa shape index (κ3) is 3.04. The van der Waals surface area contributed by atoms with Gasteiger partial charge in [0.15, 0.2) is 0 Å². The molecule has 0 fully saturated rings. The fourth-order valence-electron chi connectivity index (χ4n) is 1.98. The average molecular weight is 267 g/mol. The van der Waals surface area contributed by atoms with Crippen molar-refractivity contribution < 1.29 is 0 Å². The largest absolute Gasteiger partial charge is 0.370 e. The maximum Gasteiger partial charge on any atom is 0.139 e. The highest BCUT2D eigenvalue weighted by Crippen LogP contribution is 2.24. The highest BCUT2D eigenvalue weighted by molar-refractivity contribution is 5.65. The SMILES string of the molecule is CCNc1ncnc(Nc2cccc(C#N)c2)c1CC. The van der Waals surface area contributed by atoms with E-state index in [0.717, 1.165) is 35.9 Å². The van der Waals surface area contributed by atoms with Crippen molar-refractivity contribution in [3.8, 4) is 6.07 Å². The molecular weight excluding hydrogens is 250 g/mol. The van der Waals surface area contributed by atoms with Crippen LogP contribution in [0.25, 0.3) is 0 Å². The van der Waals surface area contributed by atoms with Crippen LogP contribution < -0.4 is 10.6 Å². The smallest absolute Gasteiger partial charge is 0.139 e. The number of rotatable bonds is 5. The zero-order valence-corrected chi connectivity index (χ0v) is 11.6. The van der Waals surface area contributed by atoms with E-state index in [9.17, 15) is 0 Å². The minimum absolute atomic E-state index is 0.619. The Morgan fingerprint density at radius 1 is 1.20 bits per heavy atom. The number of hydrogen-bond donors (Lipinski definition) is 2. The van der Waals surface area contributed by atoms with E-state index in [1.165, 1.54) is 6.33 Å². The molecule has 0 spiro atoms. The molecule has 2 aromatic rings. The molecule has 5 nitrogen and oxygen atoms in total. The third-order valence-electron chi connectivity index (χ3n) is 2.90. The first-order chi connectivity index (χ1) is 9.78. The molecule has 1 aromatic carbocycles. The van der Waals surface area contributed by atoms with Gasteiger partial charge in [0.2, 0.25) is 0 Å². The van der Waals surface area contributed by atoms with Gasteiger partial charge < -0.3 is 10.6 Å². The molecule has 5 heteroatoms. The molecule has 20 heavy (non-hydrogen) atoms. The predicted molar refractivity (Wildman–Crippen MR) is 80.0 cm³/mol. The van der Waals surface area contributed by atoms with Gasteiger partial charge in [-0.15, -0.1) is 0 Å². The van der Waals surface area contributed by atoms with E-state index in [1.807, 2.05) is 19.1 Å². The van der Waals surface area contributed by atoms with E-state index in [-0.39, 0.29) is 0 Å². The van der Waals surface area contributed by atoms with Crippen LogP contribution in [0.15, 0.2) is 30.6 Å². The number of nitrogens with zero attached hydrogens (tertiary/aromatic N) is 3. The highest BCUT2D eigenvalue weighted by Gasteiger charge is 2.09. The van der Waals surface area contributed by atoms with Crippen molar-refractivity contribution in [3.05, 3.63) is 41.7 Å². The molecule has 0 aliphatic carbocycles. The van der Waals surface area contributed by atoms with E-state index < -0.39 is 0 Å². The topological polar surface area (TPSA) is 73.6 Å². The maximum atomic E-state index is 8.93. The van der Waals surface area contributed by atoms with Gasteiger partial charge in [0, 0.05) is 17.8 Å². The van der Waals surface area contributed by atoms with Gasteiger partial charge >= 0.3 is 0 Å². The molecule has 0 saturated heterocycles. The molecule has 0 unspecified atom stereocenters. The summed E-state index contributed by atoms with van der Waals surface area (Å²) in [6, 6.07) is 9.46. The van der Waals surface area contributed by atoms with Gasteiger partial charge in [-0.05, 0) is 31.5 Å². The summed E-state index contributed by atoms with van der Waals surface area (Å²) in [5.74, 6) is 1.62. The zero-order valence-electron chi connectivity index (χ0n) is 11.6. The summed E-state index contributed by atoms with van der Waals surface area (Å²) in [4.78, 5) is 8.56. The van der Waals surface area contributed by atoms with Gasteiger partial charge in [-0.2, -0.15) is 5.26 Å². The molecule has 2 rings (SSSR count). The summed E-state index contributed by atoms with van der Waals surface area (Å²) < 4.78 is 0. The standard InChI is InChI=1S/C15H17N5/c1-3-13-14(17-4-2)18-10-19-15(13)20-12-7-5-6-11(8-12)9-16/h5-8,10H,3-4H2,1-2H3,(H2,17,18,19,20). The van der Waals surface area contributed by atoms with Crippen LogP contribution in [-0.4, -0.2) is 16.5 Å². The van der Waals surface area contributed by atoms with E-state index in [0.29, 0.717) is 5.56 Å². The minimum atomic E-state index is 0.619. The Balaban J connectivity index is 2.33. The van der Waals surface area contributed by atoms with Gasteiger partial charge in [0.25, 0.3) is 0 Å². The summed E-state index contributed by atoms with van der Waals surface area (Å²) in [7, 11) is 0. The number of hydrogen-bond acceptors (Lipinski definition) is 5. The number of anilines is 3. The Morgan fingerprint density at radius 3 is 2.70 bits per heavy atom. The Hall–Kier alpha value is -2.61. The Kier molecular flexibility index (Phi) is 4.51. The molecule has 0 radical (unpaired) electrons. The van der Waals surface area contributed by atoms with Crippen molar-refractivity contribution in [2.45, 2.75) is 20.3 Å². The van der Waals surface area contributed by atoms with E-state index in [4.69, 9.17) is 5.26 Å². The molecule has 102 valence electrons. The summed E-state index contributed by atoms with van der Waals surface area (Å²) in [6.45, 7) is 4.91. The minimum Gasteiger partial charge on any atom is -0.370 e. The number of nitriles is 1. The van der Waals surface area contributed by atoms with Crippen molar-refractivity contribution in [1.29, 1.82) is 5.26 Å². The molecular formula is C15H17N5. The van der Waals surface area contributed by atoms with Gasteiger partial charge in [0.05, 0.1) is 11.6 Å². The van der Waals surface area contributed by atoms with Crippen LogP contribution >= 0.6 is 0 Å². The van der Waals surface area contributed by atoms with Gasteiger partial charge in [-0.3, -0.25) is 0 Å². The van der Waals surface area contributed by atoms with Crippen molar-refractivity contribution in [3.63, 3.8) is 0 Å². The van der Waals surface area contributed by atoms with Crippen LogP contribution in [0, 0.1) is 11.3 Å². The summed E-state index contributed by atoms with van der Waals surface area (Å²) in [5, 5.41) is 15.4. The lowest BCUT2D eigenvalue weighted by Gasteiger charge is -2.13. The summed E-state index contributed by atoms with van der Waals surface area (Å²) in [6.07, 6.45) is 2.36. The van der Waals surface area contributed by atoms with Gasteiger partial charge in [-0.1, -0.05) is 13.0 Å². The van der Waals surface area contributed by atoms with Crippen molar-refractivity contribution >= 4 is 17.3 Å². The summed E-state index contributed by atoms with van der Waals surface area (Å²) in [5.41, 5.74) is 2.51. The first kappa shape index (κ1) is 13.8. The van der Waals surface area contributed by atoms with Crippen LogP contribution in [0.4, 0.5) is 17.3 Å². The van der Waals surface area contributed by atoms with Crippen LogP contribution in [0.5, 0.6) is 0 Å². The fraction of sp³-hybridized carbons (Fsp3) is 0.267. The fourth-order valence-corrected chi connectivity index (χ4v) is 1.98. The molecule has 0 aliphatic heterocycles. The second-order valence-corrected chi connectivity index (χ2v) is 4.25. The van der Waals surface area contributed by atoms with Gasteiger partial charge in [-0.25, -0.2) is 9.97 Å². The molecule has 0 amide bonds. The monoisotopic (exact) mass is 267 g/mol. The molecule has 0 aliphatic rings. The summed E-state index contributed by atoms with van der Waals surface area (Å²) >= 11 is 0. The molecule has 1 heterocycles. The number of nitrogens with one attached hydrogen (secondary N) is 2. The first-order valence-electron chi connectivity index (χ1n) is 6.63. The second-order valence-electron chi connectivity index (χ2n) is 4.25. The highest BCUT2D eigenvalue weighted by atomic mass is 15.1. The molecule has 0 saturated carbocycles. The van der Waals surface area contributed by atoms with E-state index in [1.54, 1.807) is 12.1 Å². The van der Waals surface area contributed by atoms with Crippen LogP contribution in [0.1, 0.15) is 25.0 Å². The molecule has 2 N–H and O–H groups in total. The molecule has 0 atom stereocenters. The van der Waals surface area contributed by atoms with Crippen LogP contribution in [0.2, 0.25) is 0 Å². The van der Waals surface area contributed by atoms with E-state index >= 15 is 0 Å². The number of aromatic nitrogens is 2. The van der Waals surface area contributed by atoms with Crippen LogP contribution in [-0.2, 0) is 6.42 Å². The maximum absolute atomic E-state index is 8.93. The van der Waals surface area contributed by atoms with Gasteiger partial charge in [0.1, 0.15) is 18.0 Å². The van der Waals surface area contributed by atoms with Crippen molar-refractivity contribution in [2.75, 3.05) is 17.2 Å². The lowest BCUT2D eigenvalue weighted by Crippen LogP contribution is -2.07. The van der Waals surface area contributed by atoms with E-state index in [2.05, 4.69) is 33.6 Å².